The molecule has 0 N–H and O–H groups in total. The monoisotopic (exact) mass is 228 g/mol. The van der Waals surface area contributed by atoms with E-state index in [9.17, 15) is 9.59 Å². The zero-order valence-corrected chi connectivity index (χ0v) is 10.5. The van der Waals surface area contributed by atoms with Gasteiger partial charge in [0.05, 0.1) is 13.0 Å². The molecule has 1 unspecified atom stereocenters. The molecule has 0 rings (SSSR count). The maximum Gasteiger partial charge on any atom is 0.308 e. The third-order valence-electron chi connectivity index (χ3n) is 2.81. The fraction of sp³-hybridized carbons (Fsp3) is 0.846. The van der Waals surface area contributed by atoms with E-state index < -0.39 is 0 Å². The quantitative estimate of drug-likeness (QED) is 0.328. The summed E-state index contributed by atoms with van der Waals surface area (Å²) in [6.07, 6.45) is 9.41. The van der Waals surface area contributed by atoms with Crippen molar-refractivity contribution >= 4 is 12.3 Å². The molecule has 0 heterocycles. The van der Waals surface area contributed by atoms with Crippen LogP contribution >= 0.6 is 0 Å². The number of unbranched alkanes of at least 4 members (excludes halogenated alkanes) is 6. The molecule has 0 bridgehead atoms. The Morgan fingerprint density at radius 1 is 1.12 bits per heavy atom. The maximum absolute atomic E-state index is 11.1. The van der Waals surface area contributed by atoms with Crippen LogP contribution in [0.2, 0.25) is 0 Å². The second kappa shape index (κ2) is 10.7. The predicted molar refractivity (Wildman–Crippen MR) is 64.2 cm³/mol. The Morgan fingerprint density at radius 2 is 1.69 bits per heavy atom. The summed E-state index contributed by atoms with van der Waals surface area (Å²) in [7, 11) is 1.44. The Morgan fingerprint density at radius 3 is 2.25 bits per heavy atom. The molecule has 0 aliphatic carbocycles. The van der Waals surface area contributed by atoms with Crippen molar-refractivity contribution in [2.45, 2.75) is 58.3 Å². The topological polar surface area (TPSA) is 43.4 Å². The third-order valence-corrected chi connectivity index (χ3v) is 2.81. The van der Waals surface area contributed by atoms with Gasteiger partial charge in [-0.25, -0.2) is 0 Å². The van der Waals surface area contributed by atoms with E-state index in [-0.39, 0.29) is 11.9 Å². The molecular weight excluding hydrogens is 204 g/mol. The van der Waals surface area contributed by atoms with Gasteiger partial charge in [0, 0.05) is 6.42 Å². The third kappa shape index (κ3) is 8.45. The SMILES string of the molecule is COC(=O)C(C)CCCCCCCCC=O. The molecule has 3 heteroatoms. The zero-order valence-electron chi connectivity index (χ0n) is 10.5. The van der Waals surface area contributed by atoms with Crippen LogP contribution < -0.4 is 0 Å². The molecule has 0 aliphatic rings. The zero-order chi connectivity index (χ0) is 12.2. The summed E-state index contributed by atoms with van der Waals surface area (Å²) >= 11 is 0. The Hall–Kier alpha value is -0.860. The van der Waals surface area contributed by atoms with Crippen LogP contribution in [0.4, 0.5) is 0 Å². The molecule has 1 atom stereocenters. The molecule has 0 saturated carbocycles. The van der Waals surface area contributed by atoms with Crippen molar-refractivity contribution in [2.75, 3.05) is 7.11 Å². The summed E-state index contributed by atoms with van der Waals surface area (Å²) in [4.78, 5) is 21.2. The number of ether oxygens (including phenoxy) is 1. The van der Waals surface area contributed by atoms with E-state index in [0.29, 0.717) is 6.42 Å². The lowest BCUT2D eigenvalue weighted by Crippen LogP contribution is -2.12. The second-order valence-corrected chi connectivity index (χ2v) is 4.29. The van der Waals surface area contributed by atoms with Crippen molar-refractivity contribution < 1.29 is 14.3 Å². The highest BCUT2D eigenvalue weighted by molar-refractivity contribution is 5.71. The first-order valence-electron chi connectivity index (χ1n) is 6.23. The minimum absolute atomic E-state index is 0.0278. The first-order valence-corrected chi connectivity index (χ1v) is 6.23. The number of aldehydes is 1. The number of rotatable bonds is 10. The Bertz CT molecular complexity index is 190. The predicted octanol–water partition coefficient (Wildman–Crippen LogP) is 3.12. The minimum Gasteiger partial charge on any atom is -0.469 e. The van der Waals surface area contributed by atoms with Crippen LogP contribution in [0.5, 0.6) is 0 Å². The Labute approximate surface area is 98.6 Å². The molecular formula is C13H24O3. The van der Waals surface area contributed by atoms with E-state index in [4.69, 9.17) is 0 Å². The van der Waals surface area contributed by atoms with Crippen LogP contribution in [0.3, 0.4) is 0 Å². The molecule has 0 spiro atoms. The molecule has 0 aliphatic heterocycles. The lowest BCUT2D eigenvalue weighted by molar-refractivity contribution is -0.145. The van der Waals surface area contributed by atoms with E-state index in [1.807, 2.05) is 6.92 Å². The van der Waals surface area contributed by atoms with Gasteiger partial charge in [0.1, 0.15) is 6.29 Å². The lowest BCUT2D eigenvalue weighted by Gasteiger charge is -2.08. The van der Waals surface area contributed by atoms with E-state index in [2.05, 4.69) is 4.74 Å². The number of methoxy groups -OCH3 is 1. The summed E-state index contributed by atoms with van der Waals surface area (Å²) in [5.41, 5.74) is 0. The first-order chi connectivity index (χ1) is 7.72. The molecule has 94 valence electrons. The van der Waals surface area contributed by atoms with Gasteiger partial charge in [-0.05, 0) is 12.8 Å². The van der Waals surface area contributed by atoms with Gasteiger partial charge >= 0.3 is 5.97 Å². The smallest absolute Gasteiger partial charge is 0.308 e. The number of carbonyl (C=O) groups is 2. The number of hydrogen-bond acceptors (Lipinski definition) is 3. The fourth-order valence-electron chi connectivity index (χ4n) is 1.70. The van der Waals surface area contributed by atoms with Gasteiger partial charge in [-0.2, -0.15) is 0 Å². The summed E-state index contributed by atoms with van der Waals surface area (Å²) in [6.45, 7) is 1.91. The number of esters is 1. The van der Waals surface area contributed by atoms with Gasteiger partial charge < -0.3 is 9.53 Å². The molecule has 0 aromatic carbocycles. The van der Waals surface area contributed by atoms with Gasteiger partial charge in [0.25, 0.3) is 0 Å². The second-order valence-electron chi connectivity index (χ2n) is 4.29. The maximum atomic E-state index is 11.1. The van der Waals surface area contributed by atoms with E-state index in [0.717, 1.165) is 32.0 Å². The molecule has 16 heavy (non-hydrogen) atoms. The molecule has 0 amide bonds. The summed E-state index contributed by atoms with van der Waals surface area (Å²) in [5.74, 6) is -0.0777. The fourth-order valence-corrected chi connectivity index (χ4v) is 1.70. The average Bonchev–Trinajstić information content (AvgIpc) is 2.31. The molecule has 0 aromatic rings. The summed E-state index contributed by atoms with van der Waals surface area (Å²) in [6, 6.07) is 0. The highest BCUT2D eigenvalue weighted by atomic mass is 16.5. The minimum atomic E-state index is -0.106. The van der Waals surface area contributed by atoms with Gasteiger partial charge in [-0.1, -0.05) is 39.0 Å². The molecule has 0 radical (unpaired) electrons. The van der Waals surface area contributed by atoms with Gasteiger partial charge in [0.15, 0.2) is 0 Å². The molecule has 0 aromatic heterocycles. The highest BCUT2D eigenvalue weighted by Crippen LogP contribution is 2.13. The van der Waals surface area contributed by atoms with Crippen molar-refractivity contribution in [3.63, 3.8) is 0 Å². The van der Waals surface area contributed by atoms with E-state index >= 15 is 0 Å². The Kier molecular flexibility index (Phi) is 10.1. The van der Waals surface area contributed by atoms with Crippen LogP contribution in [0.25, 0.3) is 0 Å². The highest BCUT2D eigenvalue weighted by Gasteiger charge is 2.11. The van der Waals surface area contributed by atoms with Crippen LogP contribution in [-0.2, 0) is 14.3 Å². The van der Waals surface area contributed by atoms with Gasteiger partial charge in [-0.15, -0.1) is 0 Å². The van der Waals surface area contributed by atoms with Crippen molar-refractivity contribution in [1.82, 2.24) is 0 Å². The van der Waals surface area contributed by atoms with Crippen molar-refractivity contribution in [3.05, 3.63) is 0 Å². The lowest BCUT2D eigenvalue weighted by atomic mass is 10.0. The number of carbonyl (C=O) groups excluding carboxylic acids is 2. The summed E-state index contributed by atoms with van der Waals surface area (Å²) < 4.78 is 4.66. The van der Waals surface area contributed by atoms with Crippen LogP contribution in [0.15, 0.2) is 0 Å². The molecule has 0 saturated heterocycles. The van der Waals surface area contributed by atoms with Crippen LogP contribution in [0.1, 0.15) is 58.3 Å². The Balaban J connectivity index is 3.20. The summed E-state index contributed by atoms with van der Waals surface area (Å²) in [5, 5.41) is 0. The van der Waals surface area contributed by atoms with E-state index in [1.54, 1.807) is 0 Å². The molecule has 0 fully saturated rings. The van der Waals surface area contributed by atoms with E-state index in [1.165, 1.54) is 26.4 Å². The average molecular weight is 228 g/mol. The standard InChI is InChI=1S/C13H24O3/c1-12(13(15)16-2)10-8-6-4-3-5-7-9-11-14/h11-12H,3-10H2,1-2H3. The molecule has 3 nitrogen and oxygen atoms in total. The normalized spacial score (nSPS) is 12.1. The van der Waals surface area contributed by atoms with Crippen LogP contribution in [-0.4, -0.2) is 19.4 Å². The number of hydrogen-bond donors (Lipinski definition) is 0. The largest absolute Gasteiger partial charge is 0.469 e. The van der Waals surface area contributed by atoms with Crippen LogP contribution in [0, 0.1) is 5.92 Å². The van der Waals surface area contributed by atoms with Crippen molar-refractivity contribution in [1.29, 1.82) is 0 Å². The van der Waals surface area contributed by atoms with Gasteiger partial charge in [0.2, 0.25) is 0 Å². The first kappa shape index (κ1) is 15.1. The van der Waals surface area contributed by atoms with Crippen molar-refractivity contribution in [3.8, 4) is 0 Å². The van der Waals surface area contributed by atoms with Crippen molar-refractivity contribution in [2.24, 2.45) is 5.92 Å². The van der Waals surface area contributed by atoms with Gasteiger partial charge in [-0.3, -0.25) is 4.79 Å².